The van der Waals surface area contributed by atoms with E-state index in [1.54, 1.807) is 0 Å². The number of nitrogens with one attached hydrogen (secondary N) is 2. The van der Waals surface area contributed by atoms with Crippen LogP contribution in [0.4, 0.5) is 18.9 Å². The summed E-state index contributed by atoms with van der Waals surface area (Å²) in [4.78, 5) is 4.50. The number of aryl methyl sites for hydroxylation is 1. The van der Waals surface area contributed by atoms with Gasteiger partial charge >= 0.3 is 6.18 Å². The summed E-state index contributed by atoms with van der Waals surface area (Å²) in [7, 11) is 0. The van der Waals surface area contributed by atoms with Crippen LogP contribution in [0.5, 0.6) is 0 Å². The zero-order valence-electron chi connectivity index (χ0n) is 13.7. The SMILES string of the molecule is Cc1ccc2c(c1)C1(C=N2)CN[C@@H](Cc2ccc(C(F)(F)F)cc2)N1. The molecule has 6 heteroatoms. The predicted molar refractivity (Wildman–Crippen MR) is 91.1 cm³/mol. The zero-order chi connectivity index (χ0) is 17.7. The predicted octanol–water partition coefficient (Wildman–Crippen LogP) is 3.69. The van der Waals surface area contributed by atoms with Crippen molar-refractivity contribution in [3.05, 3.63) is 64.7 Å². The molecular weight excluding hydrogens is 327 g/mol. The summed E-state index contributed by atoms with van der Waals surface area (Å²) < 4.78 is 38.0. The molecule has 1 fully saturated rings. The number of alkyl halides is 3. The van der Waals surface area contributed by atoms with Gasteiger partial charge in [0.25, 0.3) is 0 Å². The number of fused-ring (bicyclic) bond motifs is 2. The molecule has 2 aliphatic heterocycles. The average molecular weight is 345 g/mol. The molecule has 0 bridgehead atoms. The van der Waals surface area contributed by atoms with Crippen LogP contribution in [0.2, 0.25) is 0 Å². The largest absolute Gasteiger partial charge is 0.416 e. The van der Waals surface area contributed by atoms with E-state index in [1.807, 2.05) is 25.3 Å². The van der Waals surface area contributed by atoms with Crippen LogP contribution in [0, 0.1) is 6.92 Å². The Hall–Kier alpha value is -2.18. The van der Waals surface area contributed by atoms with Crippen LogP contribution in [0.25, 0.3) is 0 Å². The second kappa shape index (κ2) is 5.68. The van der Waals surface area contributed by atoms with Crippen LogP contribution in [-0.4, -0.2) is 18.9 Å². The number of aliphatic imine (C=N–C) groups is 1. The average Bonchev–Trinajstić information content (AvgIpc) is 3.12. The summed E-state index contributed by atoms with van der Waals surface area (Å²) >= 11 is 0. The van der Waals surface area contributed by atoms with E-state index in [1.165, 1.54) is 17.7 Å². The van der Waals surface area contributed by atoms with E-state index in [4.69, 9.17) is 0 Å². The molecule has 1 unspecified atom stereocenters. The van der Waals surface area contributed by atoms with Crippen molar-refractivity contribution in [2.24, 2.45) is 4.99 Å². The summed E-state index contributed by atoms with van der Waals surface area (Å²) in [6.07, 6.45) is -1.78. The van der Waals surface area contributed by atoms with E-state index in [-0.39, 0.29) is 11.7 Å². The van der Waals surface area contributed by atoms with E-state index >= 15 is 0 Å². The summed E-state index contributed by atoms with van der Waals surface area (Å²) in [5.74, 6) is 0. The van der Waals surface area contributed by atoms with Crippen molar-refractivity contribution >= 4 is 11.9 Å². The zero-order valence-corrected chi connectivity index (χ0v) is 13.7. The van der Waals surface area contributed by atoms with Crippen molar-refractivity contribution in [3.63, 3.8) is 0 Å². The minimum absolute atomic E-state index is 0.0188. The second-order valence-corrected chi connectivity index (χ2v) is 6.73. The number of benzene rings is 2. The highest BCUT2D eigenvalue weighted by Gasteiger charge is 2.42. The highest BCUT2D eigenvalue weighted by Crippen LogP contribution is 2.37. The van der Waals surface area contributed by atoms with Gasteiger partial charge in [-0.05, 0) is 30.7 Å². The van der Waals surface area contributed by atoms with E-state index in [9.17, 15) is 13.2 Å². The maximum atomic E-state index is 12.7. The maximum Gasteiger partial charge on any atom is 0.416 e. The molecule has 130 valence electrons. The number of nitrogens with zero attached hydrogens (tertiary/aromatic N) is 1. The van der Waals surface area contributed by atoms with Crippen LogP contribution in [-0.2, 0) is 18.1 Å². The summed E-state index contributed by atoms with van der Waals surface area (Å²) in [5, 5.41) is 6.98. The van der Waals surface area contributed by atoms with Crippen LogP contribution >= 0.6 is 0 Å². The maximum absolute atomic E-state index is 12.7. The van der Waals surface area contributed by atoms with Gasteiger partial charge in [-0.3, -0.25) is 15.6 Å². The smallest absolute Gasteiger partial charge is 0.299 e. The highest BCUT2D eigenvalue weighted by atomic mass is 19.4. The molecule has 2 aliphatic rings. The van der Waals surface area contributed by atoms with E-state index < -0.39 is 11.7 Å². The molecular formula is C19H18F3N3. The van der Waals surface area contributed by atoms with Gasteiger partial charge in [0, 0.05) is 24.7 Å². The van der Waals surface area contributed by atoms with Crippen molar-refractivity contribution in [3.8, 4) is 0 Å². The fraction of sp³-hybridized carbons (Fsp3) is 0.316. The van der Waals surface area contributed by atoms with Gasteiger partial charge in [-0.25, -0.2) is 0 Å². The lowest BCUT2D eigenvalue weighted by Crippen LogP contribution is -2.43. The van der Waals surface area contributed by atoms with Crippen LogP contribution in [0.1, 0.15) is 22.3 Å². The van der Waals surface area contributed by atoms with Gasteiger partial charge in [0.15, 0.2) is 0 Å². The van der Waals surface area contributed by atoms with E-state index in [0.717, 1.165) is 28.9 Å². The fourth-order valence-corrected chi connectivity index (χ4v) is 3.51. The van der Waals surface area contributed by atoms with Gasteiger partial charge < -0.3 is 0 Å². The first-order chi connectivity index (χ1) is 11.9. The Labute approximate surface area is 144 Å². The normalized spacial score (nSPS) is 24.9. The molecule has 2 aromatic rings. The molecule has 3 nitrogen and oxygen atoms in total. The molecule has 25 heavy (non-hydrogen) atoms. The third-order valence-electron chi connectivity index (χ3n) is 4.84. The van der Waals surface area contributed by atoms with Crippen molar-refractivity contribution in [1.29, 1.82) is 0 Å². The van der Waals surface area contributed by atoms with Gasteiger partial charge in [-0.1, -0.05) is 29.8 Å². The Bertz CT molecular complexity index is 827. The Balaban J connectivity index is 1.49. The van der Waals surface area contributed by atoms with Crippen molar-refractivity contribution in [2.75, 3.05) is 6.54 Å². The van der Waals surface area contributed by atoms with Crippen LogP contribution in [0.15, 0.2) is 47.5 Å². The van der Waals surface area contributed by atoms with Crippen LogP contribution < -0.4 is 10.6 Å². The summed E-state index contributed by atoms with van der Waals surface area (Å²) in [5.41, 5.74) is 3.20. The molecule has 2 aromatic carbocycles. The first kappa shape index (κ1) is 16.3. The summed E-state index contributed by atoms with van der Waals surface area (Å²) in [6.45, 7) is 2.76. The molecule has 0 aliphatic carbocycles. The second-order valence-electron chi connectivity index (χ2n) is 6.73. The Morgan fingerprint density at radius 2 is 1.92 bits per heavy atom. The number of halogens is 3. The van der Waals surface area contributed by atoms with E-state index in [2.05, 4.69) is 21.7 Å². The van der Waals surface area contributed by atoms with Crippen LogP contribution in [0.3, 0.4) is 0 Å². The van der Waals surface area contributed by atoms with Gasteiger partial charge in [-0.2, -0.15) is 13.2 Å². The van der Waals surface area contributed by atoms with Gasteiger partial charge in [0.05, 0.1) is 23.0 Å². The van der Waals surface area contributed by atoms with Gasteiger partial charge in [0.2, 0.25) is 0 Å². The molecule has 0 saturated carbocycles. The van der Waals surface area contributed by atoms with E-state index in [0.29, 0.717) is 13.0 Å². The van der Waals surface area contributed by atoms with Crippen molar-refractivity contribution in [2.45, 2.75) is 31.2 Å². The quantitative estimate of drug-likeness (QED) is 0.871. The number of rotatable bonds is 2. The lowest BCUT2D eigenvalue weighted by molar-refractivity contribution is -0.137. The molecule has 1 spiro atoms. The van der Waals surface area contributed by atoms with Crippen molar-refractivity contribution < 1.29 is 13.2 Å². The third-order valence-corrected chi connectivity index (χ3v) is 4.84. The highest BCUT2D eigenvalue weighted by molar-refractivity contribution is 5.85. The molecule has 2 N–H and O–H groups in total. The molecule has 2 heterocycles. The fourth-order valence-electron chi connectivity index (χ4n) is 3.51. The topological polar surface area (TPSA) is 36.4 Å². The van der Waals surface area contributed by atoms with Gasteiger partial charge in [-0.15, -0.1) is 0 Å². The lowest BCUT2D eigenvalue weighted by Gasteiger charge is -2.23. The molecule has 1 saturated heterocycles. The Morgan fingerprint density at radius 3 is 2.64 bits per heavy atom. The lowest BCUT2D eigenvalue weighted by atomic mass is 9.92. The third kappa shape index (κ3) is 2.96. The van der Waals surface area contributed by atoms with Crippen molar-refractivity contribution in [1.82, 2.24) is 10.6 Å². The Kier molecular flexibility index (Phi) is 3.70. The first-order valence-electron chi connectivity index (χ1n) is 8.19. The molecule has 0 amide bonds. The Morgan fingerprint density at radius 1 is 1.16 bits per heavy atom. The number of hydrogen-bond acceptors (Lipinski definition) is 3. The number of hydrogen-bond donors (Lipinski definition) is 2. The standard InChI is InChI=1S/C19H18F3N3/c1-12-2-7-16-15(8-12)18(10-23-16)11-24-17(25-18)9-13-3-5-14(6-4-13)19(20,21)22/h2-8,10,17,24-25H,9,11H2,1H3/t17-,18?/m1/s1. The minimum atomic E-state index is -4.30. The molecule has 4 rings (SSSR count). The van der Waals surface area contributed by atoms with Gasteiger partial charge in [0.1, 0.15) is 0 Å². The first-order valence-corrected chi connectivity index (χ1v) is 8.19. The molecule has 0 radical (unpaired) electrons. The summed E-state index contributed by atoms with van der Waals surface area (Å²) in [6, 6.07) is 11.5. The molecule has 2 atom stereocenters. The molecule has 0 aromatic heterocycles. The monoisotopic (exact) mass is 345 g/mol. The minimum Gasteiger partial charge on any atom is -0.299 e.